The number of fused-ring (bicyclic) bond motifs is 5. The molecule has 5 atom stereocenters. The summed E-state index contributed by atoms with van der Waals surface area (Å²) in [5.74, 6) is 1.79. The van der Waals surface area contributed by atoms with Crippen molar-refractivity contribution in [1.82, 2.24) is 0 Å². The van der Waals surface area contributed by atoms with Gasteiger partial charge in [-0.05, 0) is 85.0 Å². The second kappa shape index (κ2) is 6.71. The summed E-state index contributed by atoms with van der Waals surface area (Å²) in [7, 11) is -6.99. The normalized spacial score (nSPS) is 35.0. The van der Waals surface area contributed by atoms with Gasteiger partial charge in [-0.2, -0.15) is 16.8 Å². The molecule has 1 aromatic rings. The highest BCUT2D eigenvalue weighted by Gasteiger charge is 2.56. The van der Waals surface area contributed by atoms with Crippen LogP contribution in [0.15, 0.2) is 18.2 Å². The van der Waals surface area contributed by atoms with Crippen molar-refractivity contribution in [3.63, 3.8) is 0 Å². The van der Waals surface area contributed by atoms with E-state index in [1.54, 1.807) is 6.07 Å². The van der Waals surface area contributed by atoms with E-state index in [0.717, 1.165) is 51.0 Å². The van der Waals surface area contributed by atoms with E-state index in [0.29, 0.717) is 23.5 Å². The minimum atomic E-state index is -3.53. The van der Waals surface area contributed by atoms with Crippen molar-refractivity contribution in [2.24, 2.45) is 17.3 Å². The third-order valence-corrected chi connectivity index (χ3v) is 8.23. The summed E-state index contributed by atoms with van der Waals surface area (Å²) in [5, 5.41) is 0. The number of rotatable bonds is 4. The Bertz CT molecular complexity index is 984. The lowest BCUT2D eigenvalue weighted by molar-refractivity contribution is -0.00766. The molecular weight excluding hydrogens is 400 g/mol. The zero-order valence-electron chi connectivity index (χ0n) is 16.6. The van der Waals surface area contributed by atoms with E-state index < -0.39 is 20.2 Å². The Labute approximate surface area is 167 Å². The molecule has 4 rings (SSSR count). The second-order valence-electron chi connectivity index (χ2n) is 8.97. The van der Waals surface area contributed by atoms with Crippen LogP contribution in [-0.2, 0) is 30.8 Å². The second-order valence-corrected chi connectivity index (χ2v) is 12.2. The van der Waals surface area contributed by atoms with Gasteiger partial charge in [0.1, 0.15) is 5.75 Å². The Hall–Kier alpha value is -1.12. The van der Waals surface area contributed by atoms with Crippen molar-refractivity contribution in [2.45, 2.75) is 57.5 Å². The van der Waals surface area contributed by atoms with Crippen LogP contribution in [0.5, 0.6) is 5.75 Å². The van der Waals surface area contributed by atoms with Crippen LogP contribution >= 0.6 is 0 Å². The molecule has 6 nitrogen and oxygen atoms in total. The van der Waals surface area contributed by atoms with Crippen molar-refractivity contribution in [1.29, 1.82) is 0 Å². The first-order valence-corrected chi connectivity index (χ1v) is 13.5. The van der Waals surface area contributed by atoms with Gasteiger partial charge in [0.05, 0.1) is 18.6 Å². The Morgan fingerprint density at radius 1 is 1.00 bits per heavy atom. The highest BCUT2D eigenvalue weighted by Crippen LogP contribution is 2.61. The Kier molecular flexibility index (Phi) is 4.83. The van der Waals surface area contributed by atoms with E-state index in [4.69, 9.17) is 8.37 Å². The summed E-state index contributed by atoms with van der Waals surface area (Å²) in [4.78, 5) is 0. The van der Waals surface area contributed by atoms with Crippen LogP contribution < -0.4 is 4.18 Å². The number of aryl methyl sites for hydroxylation is 1. The largest absolute Gasteiger partial charge is 0.383 e. The molecule has 0 saturated heterocycles. The SMILES string of the molecule is C[C@]12CC[C@@H]3c4ccc(OS(C)(=O)=O)cc4CC[C@H]3[C@@H]1CC[C@@H]2OS(C)(=O)=O. The number of benzene rings is 1. The first-order chi connectivity index (χ1) is 13.0. The van der Waals surface area contributed by atoms with E-state index >= 15 is 0 Å². The molecule has 0 spiro atoms. The van der Waals surface area contributed by atoms with Gasteiger partial charge in [0.25, 0.3) is 10.1 Å². The fourth-order valence-corrected chi connectivity index (χ4v) is 7.30. The molecular formula is C20H28O6S2. The van der Waals surface area contributed by atoms with Gasteiger partial charge in [0.15, 0.2) is 0 Å². The van der Waals surface area contributed by atoms with Crippen LogP contribution in [0.2, 0.25) is 0 Å². The molecule has 3 aliphatic rings. The van der Waals surface area contributed by atoms with Gasteiger partial charge in [0.2, 0.25) is 0 Å². The number of hydrogen-bond acceptors (Lipinski definition) is 6. The monoisotopic (exact) mass is 428 g/mol. The molecule has 2 saturated carbocycles. The minimum Gasteiger partial charge on any atom is -0.383 e. The lowest BCUT2D eigenvalue weighted by Crippen LogP contribution is -2.45. The maximum atomic E-state index is 11.7. The smallest absolute Gasteiger partial charge is 0.306 e. The maximum Gasteiger partial charge on any atom is 0.306 e. The molecule has 8 heteroatoms. The first-order valence-electron chi connectivity index (χ1n) is 9.87. The van der Waals surface area contributed by atoms with E-state index in [2.05, 4.69) is 6.92 Å². The van der Waals surface area contributed by atoms with E-state index in [1.807, 2.05) is 12.1 Å². The molecule has 2 fully saturated rings. The van der Waals surface area contributed by atoms with Crippen molar-refractivity contribution >= 4 is 20.2 Å². The standard InChI is InChI=1S/C20H28O6S2/c1-20-11-10-16-15-7-5-14(25-27(2,21)22)12-13(15)4-6-17(16)18(20)8-9-19(20)26-28(3,23)24/h5,7,12,16-19H,4,6,8-11H2,1-3H3/t16-,17-,18+,19+,20+/m1/s1. The van der Waals surface area contributed by atoms with Gasteiger partial charge in [0, 0.05) is 0 Å². The predicted molar refractivity (Wildman–Crippen MR) is 106 cm³/mol. The fraction of sp³-hybridized carbons (Fsp3) is 0.700. The molecule has 0 aromatic heterocycles. The van der Waals surface area contributed by atoms with Crippen LogP contribution in [-0.4, -0.2) is 35.5 Å². The summed E-state index contributed by atoms with van der Waals surface area (Å²) < 4.78 is 56.8. The third kappa shape index (κ3) is 3.71. The molecule has 0 bridgehead atoms. The zero-order valence-corrected chi connectivity index (χ0v) is 18.2. The van der Waals surface area contributed by atoms with Gasteiger partial charge in [-0.3, -0.25) is 4.18 Å². The van der Waals surface area contributed by atoms with Crippen molar-refractivity contribution in [3.8, 4) is 5.75 Å². The molecule has 28 heavy (non-hydrogen) atoms. The summed E-state index contributed by atoms with van der Waals surface area (Å²) in [6.07, 6.45) is 7.64. The minimum absolute atomic E-state index is 0.0961. The molecule has 0 unspecified atom stereocenters. The molecule has 156 valence electrons. The fourth-order valence-electron chi connectivity index (χ4n) is 6.11. The first kappa shape index (κ1) is 20.2. The lowest BCUT2D eigenvalue weighted by Gasteiger charge is -2.50. The Balaban J connectivity index is 1.59. The highest BCUT2D eigenvalue weighted by atomic mass is 32.2. The van der Waals surface area contributed by atoms with E-state index in [-0.39, 0.29) is 11.5 Å². The summed E-state index contributed by atoms with van der Waals surface area (Å²) in [6, 6.07) is 5.64. The summed E-state index contributed by atoms with van der Waals surface area (Å²) >= 11 is 0. The molecule has 3 aliphatic carbocycles. The van der Waals surface area contributed by atoms with Gasteiger partial charge in [-0.1, -0.05) is 13.0 Å². The molecule has 0 amide bonds. The van der Waals surface area contributed by atoms with Crippen LogP contribution in [0.4, 0.5) is 0 Å². The quantitative estimate of drug-likeness (QED) is 0.685. The lowest BCUT2D eigenvalue weighted by atomic mass is 9.55. The van der Waals surface area contributed by atoms with Crippen LogP contribution in [0.3, 0.4) is 0 Å². The van der Waals surface area contributed by atoms with Crippen LogP contribution in [0.1, 0.15) is 56.1 Å². The van der Waals surface area contributed by atoms with Crippen molar-refractivity contribution in [2.75, 3.05) is 12.5 Å². The van der Waals surface area contributed by atoms with Gasteiger partial charge in [-0.25, -0.2) is 0 Å². The Morgan fingerprint density at radius 2 is 1.75 bits per heavy atom. The van der Waals surface area contributed by atoms with Crippen molar-refractivity contribution < 1.29 is 25.2 Å². The van der Waals surface area contributed by atoms with Crippen molar-refractivity contribution in [3.05, 3.63) is 29.3 Å². The summed E-state index contributed by atoms with van der Waals surface area (Å²) in [6.45, 7) is 2.20. The van der Waals surface area contributed by atoms with E-state index in [1.165, 1.54) is 11.1 Å². The molecule has 0 radical (unpaired) electrons. The topological polar surface area (TPSA) is 86.7 Å². The average Bonchev–Trinajstić information content (AvgIpc) is 2.88. The van der Waals surface area contributed by atoms with E-state index in [9.17, 15) is 16.8 Å². The molecule has 0 N–H and O–H groups in total. The average molecular weight is 429 g/mol. The van der Waals surface area contributed by atoms with Crippen LogP contribution in [0.25, 0.3) is 0 Å². The number of hydrogen-bond donors (Lipinski definition) is 0. The third-order valence-electron chi connectivity index (χ3n) is 7.15. The highest BCUT2D eigenvalue weighted by molar-refractivity contribution is 7.86. The molecule has 0 heterocycles. The Morgan fingerprint density at radius 3 is 2.43 bits per heavy atom. The zero-order chi connectivity index (χ0) is 20.3. The summed E-state index contributed by atoms with van der Waals surface area (Å²) in [5.41, 5.74) is 2.38. The van der Waals surface area contributed by atoms with Gasteiger partial charge >= 0.3 is 10.1 Å². The molecule has 0 aliphatic heterocycles. The van der Waals surface area contributed by atoms with Gasteiger partial charge in [-0.15, -0.1) is 0 Å². The molecule has 1 aromatic carbocycles. The van der Waals surface area contributed by atoms with Gasteiger partial charge < -0.3 is 4.18 Å². The predicted octanol–water partition coefficient (Wildman–Crippen LogP) is 3.23. The maximum absolute atomic E-state index is 11.7. The van der Waals surface area contributed by atoms with Crippen LogP contribution in [0, 0.1) is 17.3 Å².